The van der Waals surface area contributed by atoms with E-state index in [0.29, 0.717) is 11.7 Å². The van der Waals surface area contributed by atoms with Crippen LogP contribution in [0.1, 0.15) is 24.8 Å². The summed E-state index contributed by atoms with van der Waals surface area (Å²) in [6, 6.07) is 8.05. The second-order valence-corrected chi connectivity index (χ2v) is 5.20. The molecule has 0 aliphatic heterocycles. The Hall–Kier alpha value is -1.62. The fourth-order valence-corrected chi connectivity index (χ4v) is 2.56. The van der Waals surface area contributed by atoms with E-state index in [0.717, 1.165) is 5.82 Å². The summed E-state index contributed by atoms with van der Waals surface area (Å²) >= 11 is 1.75. The van der Waals surface area contributed by atoms with Crippen molar-refractivity contribution in [3.05, 3.63) is 34.5 Å². The molecule has 90 valence electrons. The Morgan fingerprint density at radius 3 is 2.59 bits per heavy atom. The van der Waals surface area contributed by atoms with Gasteiger partial charge in [-0.3, -0.25) is 0 Å². The number of hydrogen-bond acceptors (Lipinski definition) is 5. The van der Waals surface area contributed by atoms with E-state index in [1.807, 2.05) is 6.07 Å². The van der Waals surface area contributed by atoms with E-state index < -0.39 is 0 Å². The highest BCUT2D eigenvalue weighted by Crippen LogP contribution is 2.28. The molecule has 3 N–H and O–H groups in total. The summed E-state index contributed by atoms with van der Waals surface area (Å²) in [6.07, 6.45) is 0. The number of nitrogen functional groups attached to an aromatic ring is 1. The van der Waals surface area contributed by atoms with E-state index in [-0.39, 0.29) is 6.04 Å². The van der Waals surface area contributed by atoms with Crippen molar-refractivity contribution in [1.29, 1.82) is 0 Å². The summed E-state index contributed by atoms with van der Waals surface area (Å²) in [5, 5.41) is 13.3. The van der Waals surface area contributed by atoms with Gasteiger partial charge >= 0.3 is 0 Å². The molecule has 1 unspecified atom stereocenters. The topological polar surface area (TPSA) is 63.8 Å². The van der Waals surface area contributed by atoms with Crippen molar-refractivity contribution in [2.75, 3.05) is 11.1 Å². The van der Waals surface area contributed by atoms with Crippen LogP contribution in [0, 0.1) is 5.92 Å². The van der Waals surface area contributed by atoms with Crippen molar-refractivity contribution < 1.29 is 0 Å². The minimum atomic E-state index is 0.257. The van der Waals surface area contributed by atoms with Gasteiger partial charge in [0.15, 0.2) is 0 Å². The summed E-state index contributed by atoms with van der Waals surface area (Å²) in [7, 11) is 0. The highest BCUT2D eigenvalue weighted by atomic mass is 32.1. The first kappa shape index (κ1) is 11.9. The highest BCUT2D eigenvalue weighted by Gasteiger charge is 2.17. The van der Waals surface area contributed by atoms with Gasteiger partial charge in [-0.15, -0.1) is 21.5 Å². The zero-order valence-electron chi connectivity index (χ0n) is 9.92. The second-order valence-electron chi connectivity index (χ2n) is 4.22. The van der Waals surface area contributed by atoms with Gasteiger partial charge in [-0.1, -0.05) is 19.9 Å². The van der Waals surface area contributed by atoms with Gasteiger partial charge in [0.25, 0.3) is 0 Å². The molecule has 2 heterocycles. The third-order valence-corrected chi connectivity index (χ3v) is 3.46. The molecule has 0 fully saturated rings. The predicted molar refractivity (Wildman–Crippen MR) is 72.0 cm³/mol. The van der Waals surface area contributed by atoms with Crippen molar-refractivity contribution in [2.24, 2.45) is 5.92 Å². The normalized spacial score (nSPS) is 12.6. The lowest BCUT2D eigenvalue weighted by Crippen LogP contribution is -2.16. The van der Waals surface area contributed by atoms with Crippen molar-refractivity contribution in [3.63, 3.8) is 0 Å². The van der Waals surface area contributed by atoms with Crippen molar-refractivity contribution in [3.8, 4) is 0 Å². The Balaban J connectivity index is 2.16. The lowest BCUT2D eigenvalue weighted by Gasteiger charge is -2.21. The van der Waals surface area contributed by atoms with E-state index in [9.17, 15) is 0 Å². The van der Waals surface area contributed by atoms with Crippen LogP contribution in [0.15, 0.2) is 29.6 Å². The molecule has 2 rings (SSSR count). The Bertz CT molecular complexity index is 450. The number of anilines is 2. The van der Waals surface area contributed by atoms with Gasteiger partial charge in [0.1, 0.15) is 11.6 Å². The summed E-state index contributed by atoms with van der Waals surface area (Å²) in [6.45, 7) is 4.37. The minimum absolute atomic E-state index is 0.257. The average molecular weight is 248 g/mol. The smallest absolute Gasteiger partial charge is 0.149 e. The molecular formula is C12H16N4S. The maximum Gasteiger partial charge on any atom is 0.149 e. The van der Waals surface area contributed by atoms with E-state index in [1.54, 1.807) is 17.4 Å². The van der Waals surface area contributed by atoms with Gasteiger partial charge in [-0.05, 0) is 29.5 Å². The van der Waals surface area contributed by atoms with Gasteiger partial charge in [0.05, 0.1) is 6.04 Å². The molecular weight excluding hydrogens is 232 g/mol. The first-order valence-corrected chi connectivity index (χ1v) is 6.44. The molecule has 1 atom stereocenters. The molecule has 2 aromatic heterocycles. The summed E-state index contributed by atoms with van der Waals surface area (Å²) in [5.41, 5.74) is 5.51. The predicted octanol–water partition coefficient (Wildman–Crippen LogP) is 2.93. The van der Waals surface area contributed by atoms with Crippen molar-refractivity contribution >= 4 is 23.0 Å². The number of nitrogens with zero attached hydrogens (tertiary/aromatic N) is 2. The largest absolute Gasteiger partial charge is 0.382 e. The summed E-state index contributed by atoms with van der Waals surface area (Å²) in [5.74, 6) is 1.67. The highest BCUT2D eigenvalue weighted by molar-refractivity contribution is 7.10. The Labute approximate surface area is 105 Å². The number of aromatic nitrogens is 2. The number of hydrogen-bond donors (Lipinski definition) is 2. The summed E-state index contributed by atoms with van der Waals surface area (Å²) in [4.78, 5) is 1.30. The van der Waals surface area contributed by atoms with Crippen LogP contribution >= 0.6 is 11.3 Å². The number of rotatable bonds is 4. The molecule has 0 amide bonds. The van der Waals surface area contributed by atoms with Crippen LogP contribution < -0.4 is 11.1 Å². The first-order chi connectivity index (χ1) is 8.16. The van der Waals surface area contributed by atoms with E-state index in [4.69, 9.17) is 5.73 Å². The van der Waals surface area contributed by atoms with Gasteiger partial charge in [0.2, 0.25) is 0 Å². The lowest BCUT2D eigenvalue weighted by atomic mass is 10.0. The first-order valence-electron chi connectivity index (χ1n) is 5.56. The van der Waals surface area contributed by atoms with E-state index in [1.165, 1.54) is 4.88 Å². The van der Waals surface area contributed by atoms with Gasteiger partial charge in [-0.2, -0.15) is 0 Å². The maximum absolute atomic E-state index is 5.51. The van der Waals surface area contributed by atoms with E-state index in [2.05, 4.69) is 46.9 Å². The number of nitrogens with two attached hydrogens (primary N) is 1. The Kier molecular flexibility index (Phi) is 3.58. The SMILES string of the molecule is CC(C)C(Nc1ccc(N)nn1)c1cccs1. The van der Waals surface area contributed by atoms with Crippen LogP contribution in [0.3, 0.4) is 0 Å². The molecule has 0 bridgehead atoms. The molecule has 0 aromatic carbocycles. The van der Waals surface area contributed by atoms with Crippen LogP contribution in [0.5, 0.6) is 0 Å². The molecule has 0 radical (unpaired) electrons. The van der Waals surface area contributed by atoms with Crippen LogP contribution in [0.25, 0.3) is 0 Å². The lowest BCUT2D eigenvalue weighted by molar-refractivity contribution is 0.551. The molecule has 0 spiro atoms. The van der Waals surface area contributed by atoms with Crippen LogP contribution in [-0.2, 0) is 0 Å². The van der Waals surface area contributed by atoms with Crippen LogP contribution in [0.2, 0.25) is 0 Å². The fourth-order valence-electron chi connectivity index (χ4n) is 1.61. The molecule has 0 saturated heterocycles. The zero-order valence-corrected chi connectivity index (χ0v) is 10.7. The van der Waals surface area contributed by atoms with Crippen molar-refractivity contribution in [1.82, 2.24) is 10.2 Å². The maximum atomic E-state index is 5.51. The summed E-state index contributed by atoms with van der Waals surface area (Å²) < 4.78 is 0. The standard InChI is InChI=1S/C12H16N4S/c1-8(2)12(9-4-3-7-17-9)14-11-6-5-10(13)15-16-11/h3-8,12H,1-2H3,(H2,13,15)(H,14,16). The van der Waals surface area contributed by atoms with Gasteiger partial charge in [0, 0.05) is 4.88 Å². The van der Waals surface area contributed by atoms with Crippen LogP contribution in [0.4, 0.5) is 11.6 Å². The molecule has 4 nitrogen and oxygen atoms in total. The average Bonchev–Trinajstić information content (AvgIpc) is 2.81. The number of thiophene rings is 1. The third kappa shape index (κ3) is 2.94. The molecule has 0 aliphatic rings. The van der Waals surface area contributed by atoms with E-state index >= 15 is 0 Å². The Morgan fingerprint density at radius 1 is 1.24 bits per heavy atom. The molecule has 0 aliphatic carbocycles. The third-order valence-electron chi connectivity index (χ3n) is 2.50. The molecule has 0 saturated carbocycles. The minimum Gasteiger partial charge on any atom is -0.382 e. The van der Waals surface area contributed by atoms with Crippen molar-refractivity contribution in [2.45, 2.75) is 19.9 Å². The quantitative estimate of drug-likeness (QED) is 0.873. The molecule has 2 aromatic rings. The number of nitrogens with one attached hydrogen (secondary N) is 1. The van der Waals surface area contributed by atoms with Gasteiger partial charge in [-0.25, -0.2) is 0 Å². The zero-order chi connectivity index (χ0) is 12.3. The van der Waals surface area contributed by atoms with Gasteiger partial charge < -0.3 is 11.1 Å². The second kappa shape index (κ2) is 5.14. The Morgan fingerprint density at radius 2 is 2.06 bits per heavy atom. The fraction of sp³-hybridized carbons (Fsp3) is 0.333. The molecule has 5 heteroatoms. The monoisotopic (exact) mass is 248 g/mol. The molecule has 17 heavy (non-hydrogen) atoms. The van der Waals surface area contributed by atoms with Crippen LogP contribution in [-0.4, -0.2) is 10.2 Å².